The lowest BCUT2D eigenvalue weighted by molar-refractivity contribution is -0.141. The first kappa shape index (κ1) is 11.3. The molecule has 1 aromatic carbocycles. The van der Waals surface area contributed by atoms with Gasteiger partial charge in [-0.2, -0.15) is 0 Å². The van der Waals surface area contributed by atoms with Gasteiger partial charge in [-0.15, -0.1) is 0 Å². The number of benzene rings is 1. The third kappa shape index (κ3) is 2.18. The van der Waals surface area contributed by atoms with Crippen LogP contribution in [0.2, 0.25) is 0 Å². The first-order chi connectivity index (χ1) is 8.09. The van der Waals surface area contributed by atoms with Gasteiger partial charge in [-0.3, -0.25) is 19.3 Å². The van der Waals surface area contributed by atoms with Crippen LogP contribution in [0.3, 0.4) is 0 Å². The maximum atomic E-state index is 11.9. The number of hydrogen-bond donors (Lipinski definition) is 1. The van der Waals surface area contributed by atoms with E-state index in [1.54, 1.807) is 30.3 Å². The first-order valence-electron chi connectivity index (χ1n) is 5.22. The first-order valence-corrected chi connectivity index (χ1v) is 5.22. The van der Waals surface area contributed by atoms with Crippen LogP contribution in [0.5, 0.6) is 0 Å². The van der Waals surface area contributed by atoms with Gasteiger partial charge in [0.05, 0.1) is 5.92 Å². The highest BCUT2D eigenvalue weighted by Gasteiger charge is 2.37. The molecule has 2 rings (SSSR count). The van der Waals surface area contributed by atoms with E-state index < -0.39 is 23.7 Å². The van der Waals surface area contributed by atoms with Crippen molar-refractivity contribution in [2.24, 2.45) is 5.92 Å². The topological polar surface area (TPSA) is 74.7 Å². The van der Waals surface area contributed by atoms with Gasteiger partial charge in [0.25, 0.3) is 5.91 Å². The molecule has 1 aliphatic rings. The summed E-state index contributed by atoms with van der Waals surface area (Å²) in [5.41, 5.74) is 0.395. The van der Waals surface area contributed by atoms with Crippen LogP contribution in [-0.2, 0) is 9.59 Å². The van der Waals surface area contributed by atoms with Crippen molar-refractivity contribution in [3.63, 3.8) is 0 Å². The summed E-state index contributed by atoms with van der Waals surface area (Å²) in [5, 5.41) is 8.81. The second kappa shape index (κ2) is 4.37. The smallest absolute Gasteiger partial charge is 0.308 e. The molecule has 0 spiro atoms. The number of carboxylic acid groups (broad SMARTS) is 1. The molecule has 88 valence electrons. The normalized spacial score (nSPS) is 19.4. The fourth-order valence-corrected chi connectivity index (χ4v) is 1.81. The molecule has 0 saturated carbocycles. The number of rotatable bonds is 2. The Labute approximate surface area is 97.7 Å². The third-order valence-corrected chi connectivity index (χ3v) is 2.74. The zero-order valence-corrected chi connectivity index (χ0v) is 9.00. The number of hydrogen-bond acceptors (Lipinski definition) is 3. The lowest BCUT2D eigenvalue weighted by atomic mass is 10.1. The van der Waals surface area contributed by atoms with Crippen molar-refractivity contribution >= 4 is 17.8 Å². The van der Waals surface area contributed by atoms with E-state index in [1.165, 1.54) is 0 Å². The Morgan fingerprint density at radius 3 is 2.41 bits per heavy atom. The maximum absolute atomic E-state index is 11.9. The molecule has 1 heterocycles. The van der Waals surface area contributed by atoms with Crippen LogP contribution in [0, 0.1) is 5.92 Å². The van der Waals surface area contributed by atoms with Gasteiger partial charge in [-0.1, -0.05) is 18.2 Å². The van der Waals surface area contributed by atoms with Gasteiger partial charge in [-0.25, -0.2) is 0 Å². The Morgan fingerprint density at radius 2 is 1.88 bits per heavy atom. The van der Waals surface area contributed by atoms with Crippen molar-refractivity contribution in [2.75, 3.05) is 6.54 Å². The Hall–Kier alpha value is -2.17. The van der Waals surface area contributed by atoms with Crippen molar-refractivity contribution in [1.29, 1.82) is 0 Å². The summed E-state index contributed by atoms with van der Waals surface area (Å²) in [7, 11) is 0. The van der Waals surface area contributed by atoms with E-state index in [9.17, 15) is 14.4 Å². The molecule has 1 N–H and O–H groups in total. The lowest BCUT2D eigenvalue weighted by Gasteiger charge is -2.13. The SMILES string of the molecule is O=C(O)C1CC(=O)N(C(=O)c2ccccc2)C1. The largest absolute Gasteiger partial charge is 0.481 e. The van der Waals surface area contributed by atoms with Crippen LogP contribution in [0.4, 0.5) is 0 Å². The molecule has 5 nitrogen and oxygen atoms in total. The van der Waals surface area contributed by atoms with Crippen LogP contribution in [-0.4, -0.2) is 34.3 Å². The predicted octanol–water partition coefficient (Wildman–Crippen LogP) is 0.760. The second-order valence-corrected chi connectivity index (χ2v) is 3.91. The molecule has 0 aromatic heterocycles. The van der Waals surface area contributed by atoms with Crippen molar-refractivity contribution in [2.45, 2.75) is 6.42 Å². The summed E-state index contributed by atoms with van der Waals surface area (Å²) >= 11 is 0. The summed E-state index contributed by atoms with van der Waals surface area (Å²) in [4.78, 5) is 35.3. The maximum Gasteiger partial charge on any atom is 0.308 e. The average molecular weight is 233 g/mol. The fraction of sp³-hybridized carbons (Fsp3) is 0.250. The van der Waals surface area contributed by atoms with Gasteiger partial charge in [0, 0.05) is 18.5 Å². The quantitative estimate of drug-likeness (QED) is 0.765. The average Bonchev–Trinajstić information content (AvgIpc) is 2.72. The van der Waals surface area contributed by atoms with E-state index in [0.717, 1.165) is 4.90 Å². The third-order valence-electron chi connectivity index (χ3n) is 2.74. The molecule has 0 aliphatic carbocycles. The summed E-state index contributed by atoms with van der Waals surface area (Å²) in [6, 6.07) is 8.36. The molecular formula is C12H11NO4. The Morgan fingerprint density at radius 1 is 1.24 bits per heavy atom. The number of carboxylic acids is 1. The van der Waals surface area contributed by atoms with E-state index in [2.05, 4.69) is 0 Å². The molecule has 1 aromatic rings. The number of amides is 2. The summed E-state index contributed by atoms with van der Waals surface area (Å²) < 4.78 is 0. The standard InChI is InChI=1S/C12H11NO4/c14-10-6-9(12(16)17)7-13(10)11(15)8-4-2-1-3-5-8/h1-5,9H,6-7H2,(H,16,17). The molecule has 1 aliphatic heterocycles. The van der Waals surface area contributed by atoms with Gasteiger partial charge < -0.3 is 5.11 Å². The number of likely N-dealkylation sites (tertiary alicyclic amines) is 1. The number of imide groups is 1. The van der Waals surface area contributed by atoms with E-state index in [1.807, 2.05) is 0 Å². The molecule has 1 saturated heterocycles. The van der Waals surface area contributed by atoms with Gasteiger partial charge in [0.1, 0.15) is 0 Å². The van der Waals surface area contributed by atoms with Gasteiger partial charge >= 0.3 is 5.97 Å². The minimum absolute atomic E-state index is 0.0398. The predicted molar refractivity (Wildman–Crippen MR) is 58.2 cm³/mol. The molecule has 0 bridgehead atoms. The summed E-state index contributed by atoms with van der Waals surface area (Å²) in [6.07, 6.45) is -0.103. The molecule has 17 heavy (non-hydrogen) atoms. The lowest BCUT2D eigenvalue weighted by Crippen LogP contribution is -2.32. The minimum Gasteiger partial charge on any atom is -0.481 e. The fourth-order valence-electron chi connectivity index (χ4n) is 1.81. The van der Waals surface area contributed by atoms with Gasteiger partial charge in [-0.05, 0) is 12.1 Å². The van der Waals surface area contributed by atoms with Gasteiger partial charge in [0.2, 0.25) is 5.91 Å². The van der Waals surface area contributed by atoms with Crippen molar-refractivity contribution in [1.82, 2.24) is 4.90 Å². The number of aliphatic carboxylic acids is 1. The number of carbonyl (C=O) groups excluding carboxylic acids is 2. The van der Waals surface area contributed by atoms with Crippen molar-refractivity contribution in [3.8, 4) is 0 Å². The number of carbonyl (C=O) groups is 3. The van der Waals surface area contributed by atoms with Crippen LogP contribution in [0.15, 0.2) is 30.3 Å². The van der Waals surface area contributed by atoms with Crippen LogP contribution < -0.4 is 0 Å². The summed E-state index contributed by atoms with van der Waals surface area (Å²) in [6.45, 7) is -0.0398. The highest BCUT2D eigenvalue weighted by Crippen LogP contribution is 2.20. The molecular weight excluding hydrogens is 222 g/mol. The number of nitrogens with zero attached hydrogens (tertiary/aromatic N) is 1. The van der Waals surface area contributed by atoms with E-state index >= 15 is 0 Å². The molecule has 1 atom stereocenters. The van der Waals surface area contributed by atoms with Crippen LogP contribution in [0.25, 0.3) is 0 Å². The Kier molecular flexibility index (Phi) is 2.91. The van der Waals surface area contributed by atoms with Crippen molar-refractivity contribution < 1.29 is 19.5 Å². The zero-order chi connectivity index (χ0) is 12.4. The van der Waals surface area contributed by atoms with Crippen LogP contribution in [0.1, 0.15) is 16.8 Å². The van der Waals surface area contributed by atoms with Gasteiger partial charge in [0.15, 0.2) is 0 Å². The summed E-state index contributed by atoms with van der Waals surface area (Å²) in [5.74, 6) is -2.68. The molecule has 1 fully saturated rings. The van der Waals surface area contributed by atoms with E-state index in [-0.39, 0.29) is 13.0 Å². The minimum atomic E-state index is -1.04. The molecule has 0 radical (unpaired) electrons. The molecule has 5 heteroatoms. The Bertz CT molecular complexity index is 469. The van der Waals surface area contributed by atoms with E-state index in [0.29, 0.717) is 5.56 Å². The highest BCUT2D eigenvalue weighted by molar-refractivity contribution is 6.06. The van der Waals surface area contributed by atoms with E-state index in [4.69, 9.17) is 5.11 Å². The molecule has 1 unspecified atom stereocenters. The van der Waals surface area contributed by atoms with Crippen molar-refractivity contribution in [3.05, 3.63) is 35.9 Å². The monoisotopic (exact) mass is 233 g/mol. The zero-order valence-electron chi connectivity index (χ0n) is 9.00. The Balaban J connectivity index is 2.17. The second-order valence-electron chi connectivity index (χ2n) is 3.91. The highest BCUT2D eigenvalue weighted by atomic mass is 16.4. The van der Waals surface area contributed by atoms with Crippen LogP contribution >= 0.6 is 0 Å². The molecule has 2 amide bonds.